The molecule has 0 saturated heterocycles. The van der Waals surface area contributed by atoms with Gasteiger partial charge in [0, 0.05) is 12.7 Å². The van der Waals surface area contributed by atoms with Crippen LogP contribution in [0.5, 0.6) is 0 Å². The third-order valence-electron chi connectivity index (χ3n) is 2.00. The molecule has 1 rings (SSSR count). The molecular weight excluding hydrogens is 234 g/mol. The lowest BCUT2D eigenvalue weighted by Gasteiger charge is -2.12. The topological polar surface area (TPSA) is 87.1 Å². The van der Waals surface area contributed by atoms with Crippen molar-refractivity contribution in [1.82, 2.24) is 14.9 Å². The Bertz CT molecular complexity index is 454. The second-order valence-electron chi connectivity index (χ2n) is 3.35. The molecule has 1 aromatic heterocycles. The minimum atomic E-state index is -0.709. The fraction of sp³-hybridized carbons (Fsp3) is 0.556. The maximum atomic E-state index is 11.3. The van der Waals surface area contributed by atoms with Gasteiger partial charge in [0.2, 0.25) is 0 Å². The highest BCUT2D eigenvalue weighted by atomic mass is 35.5. The number of aliphatic hydroxyl groups excluding tert-OH is 1. The quantitative estimate of drug-likeness (QED) is 0.633. The van der Waals surface area contributed by atoms with Crippen molar-refractivity contribution in [3.8, 4) is 0 Å². The summed E-state index contributed by atoms with van der Waals surface area (Å²) in [5, 5.41) is 12.4. The van der Waals surface area contributed by atoms with Crippen LogP contribution in [0.1, 0.15) is 6.92 Å². The first-order chi connectivity index (χ1) is 7.54. The van der Waals surface area contributed by atoms with Gasteiger partial charge in [0.25, 0.3) is 5.56 Å². The van der Waals surface area contributed by atoms with Crippen molar-refractivity contribution in [2.75, 3.05) is 13.1 Å². The van der Waals surface area contributed by atoms with Gasteiger partial charge < -0.3 is 10.4 Å². The third-order valence-corrected chi connectivity index (χ3v) is 2.27. The highest BCUT2D eigenvalue weighted by Crippen LogP contribution is 1.96. The van der Waals surface area contributed by atoms with Crippen LogP contribution in [0.15, 0.2) is 15.8 Å². The summed E-state index contributed by atoms with van der Waals surface area (Å²) in [6.45, 7) is 3.11. The van der Waals surface area contributed by atoms with Gasteiger partial charge in [-0.3, -0.25) is 14.3 Å². The summed E-state index contributed by atoms with van der Waals surface area (Å²) in [5.41, 5.74) is -1.20. The first kappa shape index (κ1) is 13.0. The number of rotatable bonds is 5. The minimum Gasteiger partial charge on any atom is -0.390 e. The number of H-pyrrole nitrogens is 1. The normalized spacial score (nSPS) is 12.7. The van der Waals surface area contributed by atoms with E-state index in [1.807, 2.05) is 6.92 Å². The van der Waals surface area contributed by atoms with Gasteiger partial charge in [0.1, 0.15) is 5.02 Å². The highest BCUT2D eigenvalue weighted by Gasteiger charge is 2.07. The van der Waals surface area contributed by atoms with Crippen molar-refractivity contribution < 1.29 is 5.11 Å². The molecule has 0 fully saturated rings. The van der Waals surface area contributed by atoms with Crippen molar-refractivity contribution in [2.45, 2.75) is 19.6 Å². The average Bonchev–Trinajstić information content (AvgIpc) is 2.23. The van der Waals surface area contributed by atoms with E-state index < -0.39 is 17.4 Å². The standard InChI is InChI=1S/C9H14ClN3O3/c1-2-11-3-6(14)4-13-5-7(10)8(15)12-9(13)16/h5-6,11,14H,2-4H2,1H3,(H,12,15,16). The van der Waals surface area contributed by atoms with Crippen LogP contribution in [-0.2, 0) is 6.54 Å². The number of likely N-dealkylation sites (N-methyl/N-ethyl adjacent to an activating group) is 1. The SMILES string of the molecule is CCNCC(O)Cn1cc(Cl)c(=O)[nH]c1=O. The Morgan fingerprint density at radius 1 is 1.62 bits per heavy atom. The van der Waals surface area contributed by atoms with E-state index >= 15 is 0 Å². The smallest absolute Gasteiger partial charge is 0.328 e. The Kier molecular flexibility index (Phi) is 4.72. The molecule has 6 nitrogen and oxygen atoms in total. The predicted octanol–water partition coefficient (Wildman–Crippen LogP) is -0.840. The molecule has 0 spiro atoms. The summed E-state index contributed by atoms with van der Waals surface area (Å²) < 4.78 is 1.17. The largest absolute Gasteiger partial charge is 0.390 e. The maximum absolute atomic E-state index is 11.3. The van der Waals surface area contributed by atoms with Gasteiger partial charge in [-0.05, 0) is 6.54 Å². The molecule has 90 valence electrons. The fourth-order valence-corrected chi connectivity index (χ4v) is 1.39. The van der Waals surface area contributed by atoms with Gasteiger partial charge in [-0.15, -0.1) is 0 Å². The van der Waals surface area contributed by atoms with Crippen molar-refractivity contribution in [3.05, 3.63) is 32.1 Å². The van der Waals surface area contributed by atoms with E-state index in [1.54, 1.807) is 0 Å². The lowest BCUT2D eigenvalue weighted by Crippen LogP contribution is -2.36. The molecule has 1 aromatic rings. The van der Waals surface area contributed by atoms with Gasteiger partial charge in [0.15, 0.2) is 0 Å². The number of nitrogens with zero attached hydrogens (tertiary/aromatic N) is 1. The average molecular weight is 248 g/mol. The lowest BCUT2D eigenvalue weighted by molar-refractivity contribution is 0.150. The molecule has 0 saturated carbocycles. The van der Waals surface area contributed by atoms with Crippen LogP contribution in [0, 0.1) is 0 Å². The van der Waals surface area contributed by atoms with E-state index in [0.29, 0.717) is 6.54 Å². The molecule has 0 amide bonds. The summed E-state index contributed by atoms with van der Waals surface area (Å²) in [6, 6.07) is 0. The molecule has 7 heteroatoms. The first-order valence-corrected chi connectivity index (χ1v) is 5.30. The first-order valence-electron chi connectivity index (χ1n) is 4.92. The number of aliphatic hydroxyl groups is 1. The molecule has 1 atom stereocenters. The van der Waals surface area contributed by atoms with E-state index in [0.717, 1.165) is 6.54 Å². The Morgan fingerprint density at radius 2 is 2.31 bits per heavy atom. The molecule has 0 bridgehead atoms. The fourth-order valence-electron chi connectivity index (χ4n) is 1.22. The lowest BCUT2D eigenvalue weighted by atomic mass is 10.3. The molecular formula is C9H14ClN3O3. The number of halogens is 1. The monoisotopic (exact) mass is 247 g/mol. The van der Waals surface area contributed by atoms with E-state index in [4.69, 9.17) is 11.6 Å². The van der Waals surface area contributed by atoms with Crippen LogP contribution in [0.3, 0.4) is 0 Å². The van der Waals surface area contributed by atoms with Crippen molar-refractivity contribution in [2.24, 2.45) is 0 Å². The summed E-state index contributed by atoms with van der Waals surface area (Å²) in [4.78, 5) is 24.3. The van der Waals surface area contributed by atoms with Crippen LogP contribution >= 0.6 is 11.6 Å². The number of aromatic amines is 1. The molecule has 0 aliphatic rings. The van der Waals surface area contributed by atoms with Crippen LogP contribution < -0.4 is 16.6 Å². The summed E-state index contributed by atoms with van der Waals surface area (Å²) in [6.07, 6.45) is 0.511. The Labute approximate surface area is 96.9 Å². The van der Waals surface area contributed by atoms with E-state index in [9.17, 15) is 14.7 Å². The molecule has 0 aliphatic heterocycles. The number of aromatic nitrogens is 2. The van der Waals surface area contributed by atoms with Crippen LogP contribution in [0.25, 0.3) is 0 Å². The van der Waals surface area contributed by atoms with Crippen LogP contribution in [0.2, 0.25) is 5.02 Å². The van der Waals surface area contributed by atoms with Gasteiger partial charge in [-0.25, -0.2) is 4.79 Å². The molecule has 3 N–H and O–H groups in total. The molecule has 16 heavy (non-hydrogen) atoms. The van der Waals surface area contributed by atoms with E-state index in [-0.39, 0.29) is 11.6 Å². The van der Waals surface area contributed by atoms with Crippen LogP contribution in [0.4, 0.5) is 0 Å². The van der Waals surface area contributed by atoms with Gasteiger partial charge in [0.05, 0.1) is 12.6 Å². The maximum Gasteiger partial charge on any atom is 0.328 e. The number of nitrogens with one attached hydrogen (secondary N) is 2. The summed E-state index contributed by atoms with van der Waals surface area (Å²) in [5.74, 6) is 0. The highest BCUT2D eigenvalue weighted by molar-refractivity contribution is 6.30. The molecule has 0 radical (unpaired) electrons. The zero-order chi connectivity index (χ0) is 12.1. The van der Waals surface area contributed by atoms with Crippen molar-refractivity contribution in [3.63, 3.8) is 0 Å². The van der Waals surface area contributed by atoms with Crippen molar-refractivity contribution >= 4 is 11.6 Å². The van der Waals surface area contributed by atoms with Crippen LogP contribution in [-0.4, -0.2) is 33.9 Å². The Morgan fingerprint density at radius 3 is 2.94 bits per heavy atom. The molecule has 0 aromatic carbocycles. The zero-order valence-corrected chi connectivity index (χ0v) is 9.62. The number of hydrogen-bond acceptors (Lipinski definition) is 4. The third kappa shape index (κ3) is 3.48. The van der Waals surface area contributed by atoms with E-state index in [2.05, 4.69) is 10.3 Å². The summed E-state index contributed by atoms with van der Waals surface area (Å²) >= 11 is 5.57. The second-order valence-corrected chi connectivity index (χ2v) is 3.76. The minimum absolute atomic E-state index is 0.0738. The molecule has 1 unspecified atom stereocenters. The second kappa shape index (κ2) is 5.83. The zero-order valence-electron chi connectivity index (χ0n) is 8.86. The Balaban J connectivity index is 2.78. The van der Waals surface area contributed by atoms with Gasteiger partial charge in [-0.1, -0.05) is 18.5 Å². The number of hydrogen-bond donors (Lipinski definition) is 3. The predicted molar refractivity (Wildman–Crippen MR) is 60.9 cm³/mol. The Hall–Kier alpha value is -1.11. The van der Waals surface area contributed by atoms with E-state index in [1.165, 1.54) is 10.8 Å². The van der Waals surface area contributed by atoms with Gasteiger partial charge in [-0.2, -0.15) is 0 Å². The molecule has 0 aliphatic carbocycles. The van der Waals surface area contributed by atoms with Gasteiger partial charge >= 0.3 is 5.69 Å². The molecule has 1 heterocycles. The summed E-state index contributed by atoms with van der Waals surface area (Å²) in [7, 11) is 0. The van der Waals surface area contributed by atoms with Crippen molar-refractivity contribution in [1.29, 1.82) is 0 Å².